The molecule has 1 fully saturated rings. The Morgan fingerprint density at radius 3 is 2.32 bits per heavy atom. The van der Waals surface area contributed by atoms with Gasteiger partial charge in [-0.2, -0.15) is 0 Å². The molecule has 0 aromatic heterocycles. The summed E-state index contributed by atoms with van der Waals surface area (Å²) in [6.45, 7) is 10.8. The van der Waals surface area contributed by atoms with Crippen molar-refractivity contribution in [2.45, 2.75) is 65.1 Å². The van der Waals surface area contributed by atoms with Crippen molar-refractivity contribution in [1.29, 1.82) is 0 Å². The lowest BCUT2D eigenvalue weighted by atomic mass is 10.1. The van der Waals surface area contributed by atoms with Crippen LogP contribution in [0, 0.1) is 0 Å². The van der Waals surface area contributed by atoms with Gasteiger partial charge in [0.1, 0.15) is 0 Å². The fourth-order valence-corrected chi connectivity index (χ4v) is 3.11. The van der Waals surface area contributed by atoms with Gasteiger partial charge >= 0.3 is 0 Å². The Labute approximate surface area is 170 Å². The van der Waals surface area contributed by atoms with E-state index in [2.05, 4.69) is 65.6 Å². The highest BCUT2D eigenvalue weighted by Gasteiger charge is 2.12. The molecule has 1 aromatic rings. The first kappa shape index (κ1) is 22.2. The Hall–Kier alpha value is -0.820. The van der Waals surface area contributed by atoms with Crippen molar-refractivity contribution in [1.82, 2.24) is 15.5 Å². The summed E-state index contributed by atoms with van der Waals surface area (Å²) >= 11 is 0. The molecule has 2 rings (SSSR count). The number of nitrogens with one attached hydrogen (secondary N) is 2. The number of hydrogen-bond acceptors (Lipinski definition) is 2. The first-order valence-corrected chi connectivity index (χ1v) is 9.25. The molecular formula is C20H35IN4. The molecule has 0 spiro atoms. The van der Waals surface area contributed by atoms with Crippen molar-refractivity contribution in [3.63, 3.8) is 0 Å². The van der Waals surface area contributed by atoms with Crippen LogP contribution in [0.4, 0.5) is 0 Å². The SMILES string of the molecule is CN=C(NCc1cccc(CN2CCCCCC2)c1)NC(C)(C)C.I. The summed E-state index contributed by atoms with van der Waals surface area (Å²) in [6, 6.07) is 8.92. The molecule has 4 nitrogen and oxygen atoms in total. The van der Waals surface area contributed by atoms with Gasteiger partial charge in [0.05, 0.1) is 0 Å². The van der Waals surface area contributed by atoms with Crippen LogP contribution < -0.4 is 10.6 Å². The van der Waals surface area contributed by atoms with Crippen LogP contribution in [0.25, 0.3) is 0 Å². The van der Waals surface area contributed by atoms with E-state index in [1.807, 2.05) is 7.05 Å². The first-order valence-electron chi connectivity index (χ1n) is 9.25. The third-order valence-corrected chi connectivity index (χ3v) is 4.27. The van der Waals surface area contributed by atoms with Crippen LogP contribution in [-0.4, -0.2) is 36.5 Å². The fraction of sp³-hybridized carbons (Fsp3) is 0.650. The van der Waals surface area contributed by atoms with Gasteiger partial charge in [-0.3, -0.25) is 9.89 Å². The summed E-state index contributed by atoms with van der Waals surface area (Å²) in [5.41, 5.74) is 2.73. The molecular weight excluding hydrogens is 423 g/mol. The molecule has 0 unspecified atom stereocenters. The summed E-state index contributed by atoms with van der Waals surface area (Å²) in [7, 11) is 1.82. The van der Waals surface area contributed by atoms with Crippen molar-refractivity contribution in [3.8, 4) is 0 Å². The van der Waals surface area contributed by atoms with Crippen LogP contribution in [0.2, 0.25) is 0 Å². The van der Waals surface area contributed by atoms with Gasteiger partial charge in [-0.15, -0.1) is 24.0 Å². The standard InChI is InChI=1S/C20H34N4.HI/c1-20(2,3)23-19(21-4)22-15-17-10-9-11-18(14-17)16-24-12-7-5-6-8-13-24;/h9-11,14H,5-8,12-13,15-16H2,1-4H3,(H2,21,22,23);1H. The Kier molecular flexibility index (Phi) is 9.79. The minimum atomic E-state index is 0. The van der Waals surface area contributed by atoms with E-state index in [9.17, 15) is 0 Å². The molecule has 0 bridgehead atoms. The van der Waals surface area contributed by atoms with E-state index in [4.69, 9.17) is 0 Å². The average molecular weight is 458 g/mol. The summed E-state index contributed by atoms with van der Waals surface area (Å²) in [5, 5.41) is 6.80. The Balaban J connectivity index is 0.00000312. The van der Waals surface area contributed by atoms with Crippen molar-refractivity contribution in [3.05, 3.63) is 35.4 Å². The fourth-order valence-electron chi connectivity index (χ4n) is 3.11. The van der Waals surface area contributed by atoms with E-state index in [1.165, 1.54) is 49.9 Å². The molecule has 142 valence electrons. The van der Waals surface area contributed by atoms with Crippen LogP contribution in [0.5, 0.6) is 0 Å². The summed E-state index contributed by atoms with van der Waals surface area (Å²) in [4.78, 5) is 6.90. The molecule has 1 heterocycles. The van der Waals surface area contributed by atoms with Gasteiger partial charge in [-0.1, -0.05) is 37.1 Å². The van der Waals surface area contributed by atoms with E-state index in [0.29, 0.717) is 0 Å². The molecule has 0 radical (unpaired) electrons. The van der Waals surface area contributed by atoms with Crippen LogP contribution in [0.3, 0.4) is 0 Å². The number of benzene rings is 1. The molecule has 1 aliphatic heterocycles. The summed E-state index contributed by atoms with van der Waals surface area (Å²) in [6.07, 6.45) is 5.47. The zero-order valence-corrected chi connectivity index (χ0v) is 18.6. The molecule has 0 saturated carbocycles. The highest BCUT2D eigenvalue weighted by Crippen LogP contribution is 2.14. The predicted molar refractivity (Wildman–Crippen MR) is 119 cm³/mol. The second kappa shape index (κ2) is 11.0. The second-order valence-corrected chi connectivity index (χ2v) is 7.81. The van der Waals surface area contributed by atoms with Crippen molar-refractivity contribution < 1.29 is 0 Å². The van der Waals surface area contributed by atoms with E-state index >= 15 is 0 Å². The molecule has 0 atom stereocenters. The summed E-state index contributed by atoms with van der Waals surface area (Å²) in [5.74, 6) is 0.848. The highest BCUT2D eigenvalue weighted by molar-refractivity contribution is 14.0. The topological polar surface area (TPSA) is 39.7 Å². The quantitative estimate of drug-likeness (QED) is 0.405. The van der Waals surface area contributed by atoms with Crippen LogP contribution in [0.1, 0.15) is 57.6 Å². The third kappa shape index (κ3) is 8.90. The monoisotopic (exact) mass is 458 g/mol. The van der Waals surface area contributed by atoms with Gasteiger partial charge in [0.15, 0.2) is 5.96 Å². The van der Waals surface area contributed by atoms with Crippen LogP contribution in [-0.2, 0) is 13.1 Å². The van der Waals surface area contributed by atoms with Gasteiger partial charge in [0.2, 0.25) is 0 Å². The van der Waals surface area contributed by atoms with Crippen LogP contribution in [0.15, 0.2) is 29.3 Å². The number of aliphatic imine (C=N–C) groups is 1. The maximum absolute atomic E-state index is 4.30. The smallest absolute Gasteiger partial charge is 0.191 e. The average Bonchev–Trinajstić information content (AvgIpc) is 2.79. The van der Waals surface area contributed by atoms with Gasteiger partial charge in [0, 0.05) is 25.7 Å². The number of likely N-dealkylation sites (tertiary alicyclic amines) is 1. The number of rotatable bonds is 4. The minimum Gasteiger partial charge on any atom is -0.352 e. The van der Waals surface area contributed by atoms with Gasteiger partial charge in [-0.25, -0.2) is 0 Å². The normalized spacial score (nSPS) is 16.7. The maximum Gasteiger partial charge on any atom is 0.191 e. The zero-order chi connectivity index (χ0) is 17.4. The van der Waals surface area contributed by atoms with Gasteiger partial charge in [-0.05, 0) is 57.8 Å². The third-order valence-electron chi connectivity index (χ3n) is 4.27. The van der Waals surface area contributed by atoms with Crippen molar-refractivity contribution in [2.75, 3.05) is 20.1 Å². The van der Waals surface area contributed by atoms with E-state index < -0.39 is 0 Å². The maximum atomic E-state index is 4.30. The van der Waals surface area contributed by atoms with Crippen molar-refractivity contribution in [2.24, 2.45) is 4.99 Å². The molecule has 1 aliphatic rings. The number of nitrogens with zero attached hydrogens (tertiary/aromatic N) is 2. The first-order chi connectivity index (χ1) is 11.5. The Morgan fingerprint density at radius 2 is 1.72 bits per heavy atom. The molecule has 5 heteroatoms. The lowest BCUT2D eigenvalue weighted by Gasteiger charge is -2.24. The van der Waals surface area contributed by atoms with E-state index in [-0.39, 0.29) is 29.5 Å². The Bertz CT molecular complexity index is 529. The lowest BCUT2D eigenvalue weighted by molar-refractivity contribution is 0.277. The highest BCUT2D eigenvalue weighted by atomic mass is 127. The number of guanidine groups is 1. The molecule has 1 saturated heterocycles. The molecule has 25 heavy (non-hydrogen) atoms. The van der Waals surface area contributed by atoms with E-state index in [0.717, 1.165) is 19.0 Å². The zero-order valence-electron chi connectivity index (χ0n) is 16.3. The second-order valence-electron chi connectivity index (χ2n) is 7.81. The molecule has 1 aromatic carbocycles. The molecule has 2 N–H and O–H groups in total. The Morgan fingerprint density at radius 1 is 1.08 bits per heavy atom. The van der Waals surface area contributed by atoms with Gasteiger partial charge < -0.3 is 10.6 Å². The van der Waals surface area contributed by atoms with Gasteiger partial charge in [0.25, 0.3) is 0 Å². The lowest BCUT2D eigenvalue weighted by Crippen LogP contribution is -2.47. The predicted octanol–water partition coefficient (Wildman–Crippen LogP) is 4.14. The molecule has 0 amide bonds. The van der Waals surface area contributed by atoms with E-state index in [1.54, 1.807) is 0 Å². The van der Waals surface area contributed by atoms with Crippen LogP contribution >= 0.6 is 24.0 Å². The molecule has 0 aliphatic carbocycles. The number of hydrogen-bond donors (Lipinski definition) is 2. The largest absolute Gasteiger partial charge is 0.352 e. The van der Waals surface area contributed by atoms with Crippen molar-refractivity contribution >= 4 is 29.9 Å². The minimum absolute atomic E-state index is 0. The summed E-state index contributed by atoms with van der Waals surface area (Å²) < 4.78 is 0. The number of halogens is 1.